The minimum absolute atomic E-state index is 0.0324. The number of carbonyl (C=O) groups excluding carboxylic acids is 1. The van der Waals surface area contributed by atoms with E-state index >= 15 is 0 Å². The van der Waals surface area contributed by atoms with Crippen LogP contribution in [0.1, 0.15) is 23.3 Å². The van der Waals surface area contributed by atoms with Crippen molar-refractivity contribution in [1.82, 2.24) is 0 Å². The van der Waals surface area contributed by atoms with Gasteiger partial charge in [0.25, 0.3) is 0 Å². The van der Waals surface area contributed by atoms with E-state index in [0.717, 1.165) is 14.9 Å². The van der Waals surface area contributed by atoms with Gasteiger partial charge >= 0.3 is 0 Å². The molecule has 0 bridgehead atoms. The number of hydrogen-bond donors (Lipinski definition) is 0. The number of hydrogen-bond acceptors (Lipinski definition) is 2. The first kappa shape index (κ1) is 8.94. The van der Waals surface area contributed by atoms with Gasteiger partial charge in [0, 0.05) is 10.8 Å². The maximum Gasteiger partial charge on any atom is 0.127 e. The molecule has 1 aromatic heterocycles. The average Bonchev–Trinajstić information content (AvgIpc) is 2.31. The molecule has 0 aliphatic carbocycles. The Bertz CT molecular complexity index is 248. The van der Waals surface area contributed by atoms with E-state index < -0.39 is 0 Å². The van der Waals surface area contributed by atoms with Crippen LogP contribution >= 0.6 is 27.3 Å². The molecule has 60 valence electrons. The quantitative estimate of drug-likeness (QED) is 0.717. The van der Waals surface area contributed by atoms with Gasteiger partial charge in [0.2, 0.25) is 0 Å². The molecule has 11 heavy (non-hydrogen) atoms. The fourth-order valence-electron chi connectivity index (χ4n) is 0.775. The van der Waals surface area contributed by atoms with Crippen molar-refractivity contribution in [2.45, 2.75) is 19.8 Å². The van der Waals surface area contributed by atoms with Gasteiger partial charge in [-0.3, -0.25) is 0 Å². The van der Waals surface area contributed by atoms with Crippen LogP contribution in [0.4, 0.5) is 0 Å². The molecule has 0 radical (unpaired) electrons. The highest BCUT2D eigenvalue weighted by atomic mass is 79.9. The largest absolute Gasteiger partial charge is 0.303 e. The van der Waals surface area contributed by atoms with Crippen molar-refractivity contribution in [3.05, 3.63) is 20.3 Å². The Morgan fingerprint density at radius 2 is 2.36 bits per heavy atom. The summed E-state index contributed by atoms with van der Waals surface area (Å²) in [5, 5.41) is 0. The van der Waals surface area contributed by atoms with Gasteiger partial charge in [-0.05, 0) is 34.5 Å². The molecule has 3 heteroatoms. The lowest BCUT2D eigenvalue weighted by Gasteiger charge is -1.95. The second-order valence-electron chi connectivity index (χ2n) is 2.53. The molecule has 0 aliphatic rings. The zero-order valence-electron chi connectivity index (χ0n) is 6.43. The third-order valence-electron chi connectivity index (χ3n) is 1.53. The summed E-state index contributed by atoms with van der Waals surface area (Å²) in [7, 11) is 0. The second kappa shape index (κ2) is 3.50. The summed E-state index contributed by atoms with van der Waals surface area (Å²) >= 11 is 5.05. The molecular weight excluding hydrogens is 224 g/mol. The Morgan fingerprint density at radius 1 is 1.73 bits per heavy atom. The standard InChI is InChI=1S/C8H9BrOS/c1-5-3-7(6(2)4-10)11-8(5)9/h3-4,6H,1-2H3. The molecule has 0 saturated heterocycles. The van der Waals surface area contributed by atoms with Gasteiger partial charge in [0.1, 0.15) is 6.29 Å². The molecule has 1 heterocycles. The van der Waals surface area contributed by atoms with Crippen LogP contribution in [-0.4, -0.2) is 6.29 Å². The monoisotopic (exact) mass is 232 g/mol. The van der Waals surface area contributed by atoms with Crippen LogP contribution in [0.3, 0.4) is 0 Å². The van der Waals surface area contributed by atoms with Crippen LogP contribution in [-0.2, 0) is 4.79 Å². The van der Waals surface area contributed by atoms with E-state index in [-0.39, 0.29) is 5.92 Å². The molecular formula is C8H9BrOS. The molecule has 0 aliphatic heterocycles. The van der Waals surface area contributed by atoms with Crippen LogP contribution in [0.5, 0.6) is 0 Å². The molecule has 0 saturated carbocycles. The first-order chi connectivity index (χ1) is 5.15. The van der Waals surface area contributed by atoms with Crippen molar-refractivity contribution in [1.29, 1.82) is 0 Å². The molecule has 1 atom stereocenters. The molecule has 0 amide bonds. The fourth-order valence-corrected chi connectivity index (χ4v) is 2.35. The van der Waals surface area contributed by atoms with E-state index in [1.54, 1.807) is 11.3 Å². The van der Waals surface area contributed by atoms with Gasteiger partial charge in [-0.1, -0.05) is 6.92 Å². The van der Waals surface area contributed by atoms with Gasteiger partial charge in [0.15, 0.2) is 0 Å². The minimum atomic E-state index is 0.0324. The van der Waals surface area contributed by atoms with Crippen molar-refractivity contribution in [3.63, 3.8) is 0 Å². The van der Waals surface area contributed by atoms with Crippen LogP contribution in [0.25, 0.3) is 0 Å². The molecule has 0 fully saturated rings. The minimum Gasteiger partial charge on any atom is -0.303 e. The Hall–Kier alpha value is -0.150. The third kappa shape index (κ3) is 1.91. The first-order valence-corrected chi connectivity index (χ1v) is 4.97. The first-order valence-electron chi connectivity index (χ1n) is 3.36. The molecule has 0 N–H and O–H groups in total. The number of carbonyl (C=O) groups is 1. The maximum atomic E-state index is 10.4. The lowest BCUT2D eigenvalue weighted by Crippen LogP contribution is -1.88. The Kier molecular flexibility index (Phi) is 2.84. The van der Waals surface area contributed by atoms with Gasteiger partial charge in [-0.25, -0.2) is 0 Å². The van der Waals surface area contributed by atoms with Crippen molar-refractivity contribution in [2.24, 2.45) is 0 Å². The number of aldehydes is 1. The van der Waals surface area contributed by atoms with Crippen molar-refractivity contribution in [3.8, 4) is 0 Å². The van der Waals surface area contributed by atoms with Crippen molar-refractivity contribution >= 4 is 33.6 Å². The molecule has 1 rings (SSSR count). The number of aryl methyl sites for hydroxylation is 1. The van der Waals surface area contributed by atoms with E-state index in [1.807, 2.05) is 19.9 Å². The highest BCUT2D eigenvalue weighted by Gasteiger charge is 2.08. The van der Waals surface area contributed by atoms with E-state index in [1.165, 1.54) is 5.56 Å². The summed E-state index contributed by atoms with van der Waals surface area (Å²) in [6.07, 6.45) is 0.970. The molecule has 1 nitrogen and oxygen atoms in total. The summed E-state index contributed by atoms with van der Waals surface area (Å²) in [5.74, 6) is 0.0324. The lowest BCUT2D eigenvalue weighted by atomic mass is 10.1. The SMILES string of the molecule is Cc1cc(C(C)C=O)sc1Br. The zero-order chi connectivity index (χ0) is 8.43. The highest BCUT2D eigenvalue weighted by molar-refractivity contribution is 9.11. The van der Waals surface area contributed by atoms with E-state index in [0.29, 0.717) is 0 Å². The predicted molar refractivity (Wildman–Crippen MR) is 51.2 cm³/mol. The Morgan fingerprint density at radius 3 is 2.73 bits per heavy atom. The summed E-state index contributed by atoms with van der Waals surface area (Å²) in [6, 6.07) is 2.05. The molecule has 1 unspecified atom stereocenters. The van der Waals surface area contributed by atoms with Gasteiger partial charge in [0.05, 0.1) is 3.79 Å². The number of thiophene rings is 1. The maximum absolute atomic E-state index is 10.4. The van der Waals surface area contributed by atoms with Crippen molar-refractivity contribution in [2.75, 3.05) is 0 Å². The van der Waals surface area contributed by atoms with Crippen molar-refractivity contribution < 1.29 is 4.79 Å². The number of rotatable bonds is 2. The highest BCUT2D eigenvalue weighted by Crippen LogP contribution is 2.31. The Balaban J connectivity index is 2.96. The van der Waals surface area contributed by atoms with E-state index in [9.17, 15) is 4.79 Å². The average molecular weight is 233 g/mol. The predicted octanol–water partition coefficient (Wildman–Crippen LogP) is 3.12. The third-order valence-corrected chi connectivity index (χ3v) is 3.87. The summed E-state index contributed by atoms with van der Waals surface area (Å²) in [5.41, 5.74) is 1.21. The molecule has 0 spiro atoms. The van der Waals surface area contributed by atoms with Crippen LogP contribution < -0.4 is 0 Å². The fraction of sp³-hybridized carbons (Fsp3) is 0.375. The lowest BCUT2D eigenvalue weighted by molar-refractivity contribution is -0.108. The summed E-state index contributed by atoms with van der Waals surface area (Å²) in [4.78, 5) is 11.5. The van der Waals surface area contributed by atoms with Gasteiger partial charge < -0.3 is 4.79 Å². The number of halogens is 1. The zero-order valence-corrected chi connectivity index (χ0v) is 8.83. The van der Waals surface area contributed by atoms with Gasteiger partial charge in [-0.2, -0.15) is 0 Å². The van der Waals surface area contributed by atoms with Crippen LogP contribution in [0.2, 0.25) is 0 Å². The second-order valence-corrected chi connectivity index (χ2v) is 4.93. The van der Waals surface area contributed by atoms with Gasteiger partial charge in [-0.15, -0.1) is 11.3 Å². The normalized spacial score (nSPS) is 13.0. The molecule has 1 aromatic rings. The Labute approximate surface area is 78.6 Å². The molecule has 0 aromatic carbocycles. The van der Waals surface area contributed by atoms with Crippen LogP contribution in [0, 0.1) is 6.92 Å². The van der Waals surface area contributed by atoms with Crippen LogP contribution in [0.15, 0.2) is 9.85 Å². The van der Waals surface area contributed by atoms with E-state index in [4.69, 9.17) is 0 Å². The van der Waals surface area contributed by atoms with E-state index in [2.05, 4.69) is 15.9 Å². The summed E-state index contributed by atoms with van der Waals surface area (Å²) in [6.45, 7) is 3.94. The summed E-state index contributed by atoms with van der Waals surface area (Å²) < 4.78 is 1.13. The topological polar surface area (TPSA) is 17.1 Å². The smallest absolute Gasteiger partial charge is 0.127 e.